The van der Waals surface area contributed by atoms with E-state index in [9.17, 15) is 29.7 Å². The second-order valence-corrected chi connectivity index (χ2v) is 14.3. The van der Waals surface area contributed by atoms with Gasteiger partial charge in [0, 0.05) is 33.2 Å². The number of nitrogens with zero attached hydrogens (tertiary/aromatic N) is 3. The normalized spacial score (nSPS) is 21.5. The number of amides is 2. The molecule has 284 valence electrons. The van der Waals surface area contributed by atoms with Gasteiger partial charge in [-0.2, -0.15) is 0 Å². The second-order valence-electron chi connectivity index (χ2n) is 14.3. The van der Waals surface area contributed by atoms with Crippen molar-refractivity contribution in [1.82, 2.24) is 14.7 Å². The standard InChI is InChI=1S/C39H54N4O9/c1-26-8-13-30(37-36(48)35(47)32(44)25-51-37)22-31(26)21-28-9-11-29(12-10-28)24-50-20-14-34(46)52-27(2)7-6-15-41(5)33(45)23-42-16-18-43(19-17-42)38(49)39(3,4)40/h8-13,22,27,32,35-37,44,47-48H,14-21,23-25,40H2,1-5H3/t27?,32-,35+,36-,37+/m1/s1. The van der Waals surface area contributed by atoms with Gasteiger partial charge in [0.1, 0.15) is 24.4 Å². The number of piperazine rings is 1. The summed E-state index contributed by atoms with van der Waals surface area (Å²) in [5, 5.41) is 30.3. The largest absolute Gasteiger partial charge is 0.449 e. The minimum atomic E-state index is -1.26. The van der Waals surface area contributed by atoms with Crippen LogP contribution in [0.4, 0.5) is 0 Å². The first-order chi connectivity index (χ1) is 24.6. The quantitative estimate of drug-likeness (QED) is 0.132. The minimum absolute atomic E-state index is 0.0461. The number of likely N-dealkylation sites (N-methyl/N-ethyl adjacent to an activating group) is 1. The summed E-state index contributed by atoms with van der Waals surface area (Å²) < 4.78 is 16.7. The summed E-state index contributed by atoms with van der Waals surface area (Å²) in [4.78, 5) is 42.6. The van der Waals surface area contributed by atoms with Crippen LogP contribution in [0, 0.1) is 18.8 Å². The molecule has 2 aliphatic rings. The Kier molecular flexibility index (Phi) is 14.7. The molecule has 0 saturated carbocycles. The van der Waals surface area contributed by atoms with Crippen molar-refractivity contribution in [2.24, 2.45) is 5.73 Å². The number of aryl methyl sites for hydroxylation is 1. The third kappa shape index (κ3) is 11.8. The van der Waals surface area contributed by atoms with Gasteiger partial charge in [0.25, 0.3) is 0 Å². The van der Waals surface area contributed by atoms with E-state index in [0.29, 0.717) is 39.2 Å². The van der Waals surface area contributed by atoms with Crippen molar-refractivity contribution in [3.8, 4) is 11.8 Å². The molecule has 4 rings (SSSR count). The van der Waals surface area contributed by atoms with Crippen molar-refractivity contribution in [3.63, 3.8) is 0 Å². The molecule has 2 aliphatic heterocycles. The molecule has 5 atom stereocenters. The van der Waals surface area contributed by atoms with Crippen LogP contribution in [0.1, 0.15) is 61.1 Å². The van der Waals surface area contributed by atoms with Crippen LogP contribution in [0.2, 0.25) is 0 Å². The Labute approximate surface area is 306 Å². The zero-order valence-electron chi connectivity index (χ0n) is 30.9. The highest BCUT2D eigenvalue weighted by Crippen LogP contribution is 2.31. The third-order valence-electron chi connectivity index (χ3n) is 9.26. The van der Waals surface area contributed by atoms with Crippen LogP contribution < -0.4 is 5.73 Å². The SMILES string of the molecule is Cc1ccc([C@@H]2OC[C@@H](O)[C@H](O)[C@H]2O)cc1Cc1ccc(COCCC(=O)OC(C)C#CCN(C)C(=O)CN2CCN(C(=O)C(C)(C)N)CC2)cc1. The number of carbonyl (C=O) groups is 3. The number of carbonyl (C=O) groups excluding carboxylic acids is 3. The van der Waals surface area contributed by atoms with E-state index in [1.54, 1.807) is 32.7 Å². The molecule has 52 heavy (non-hydrogen) atoms. The number of nitrogens with two attached hydrogens (primary N) is 1. The number of ether oxygens (including phenoxy) is 3. The van der Waals surface area contributed by atoms with Gasteiger partial charge in [0.2, 0.25) is 11.8 Å². The van der Waals surface area contributed by atoms with Crippen molar-refractivity contribution in [2.45, 2.75) is 83.2 Å². The van der Waals surface area contributed by atoms with E-state index in [1.165, 1.54) is 4.90 Å². The van der Waals surface area contributed by atoms with Crippen LogP contribution in [0.3, 0.4) is 0 Å². The maximum atomic E-state index is 12.7. The fraction of sp³-hybridized carbons (Fsp3) is 0.564. The van der Waals surface area contributed by atoms with Gasteiger partial charge in [-0.05, 0) is 61.9 Å². The molecule has 5 N–H and O–H groups in total. The zero-order chi connectivity index (χ0) is 38.0. The van der Waals surface area contributed by atoms with E-state index < -0.39 is 42.0 Å². The lowest BCUT2D eigenvalue weighted by molar-refractivity contribution is -0.189. The number of aliphatic hydroxyl groups excluding tert-OH is 3. The van der Waals surface area contributed by atoms with Crippen LogP contribution in [-0.2, 0) is 41.6 Å². The maximum absolute atomic E-state index is 12.7. The van der Waals surface area contributed by atoms with Crippen LogP contribution >= 0.6 is 0 Å². The predicted molar refractivity (Wildman–Crippen MR) is 194 cm³/mol. The summed E-state index contributed by atoms with van der Waals surface area (Å²) in [7, 11) is 1.68. The van der Waals surface area contributed by atoms with Crippen molar-refractivity contribution >= 4 is 17.8 Å². The summed E-state index contributed by atoms with van der Waals surface area (Å²) in [6.07, 6.45) is -4.21. The first-order valence-corrected chi connectivity index (χ1v) is 17.8. The number of esters is 1. The van der Waals surface area contributed by atoms with E-state index in [0.717, 1.165) is 27.8 Å². The molecule has 0 aromatic heterocycles. The molecule has 2 amide bonds. The Balaban J connectivity index is 1.12. The average Bonchev–Trinajstić information content (AvgIpc) is 3.10. The van der Waals surface area contributed by atoms with E-state index in [1.807, 2.05) is 54.3 Å². The van der Waals surface area contributed by atoms with E-state index >= 15 is 0 Å². The van der Waals surface area contributed by atoms with Gasteiger partial charge in [-0.25, -0.2) is 0 Å². The van der Waals surface area contributed by atoms with E-state index in [4.69, 9.17) is 19.9 Å². The highest BCUT2D eigenvalue weighted by atomic mass is 16.5. The number of rotatable bonds is 13. The first kappa shape index (κ1) is 40.9. The van der Waals surface area contributed by atoms with Crippen LogP contribution in [0.25, 0.3) is 0 Å². The Bertz CT molecular complexity index is 1570. The fourth-order valence-electron chi connectivity index (χ4n) is 5.99. The summed E-state index contributed by atoms with van der Waals surface area (Å²) in [5.41, 5.74) is 9.94. The number of hydrogen-bond donors (Lipinski definition) is 4. The molecule has 0 spiro atoms. The molecule has 13 heteroatoms. The molecule has 2 aromatic carbocycles. The van der Waals surface area contributed by atoms with Gasteiger partial charge < -0.3 is 45.1 Å². The lowest BCUT2D eigenvalue weighted by atomic mass is 9.91. The van der Waals surface area contributed by atoms with Crippen LogP contribution in [0.5, 0.6) is 0 Å². The van der Waals surface area contributed by atoms with Crippen molar-refractivity contribution in [1.29, 1.82) is 0 Å². The fourth-order valence-corrected chi connectivity index (χ4v) is 5.99. The summed E-state index contributed by atoms with van der Waals surface area (Å²) >= 11 is 0. The molecule has 0 aliphatic carbocycles. The molecule has 1 unspecified atom stereocenters. The van der Waals surface area contributed by atoms with Crippen molar-refractivity contribution < 1.29 is 43.9 Å². The summed E-state index contributed by atoms with van der Waals surface area (Å²) in [6.45, 7) is 10.2. The van der Waals surface area contributed by atoms with Gasteiger partial charge in [-0.15, -0.1) is 0 Å². The van der Waals surface area contributed by atoms with Gasteiger partial charge in [0.05, 0.1) is 44.9 Å². The van der Waals surface area contributed by atoms with Crippen molar-refractivity contribution in [3.05, 3.63) is 70.3 Å². The summed E-state index contributed by atoms with van der Waals surface area (Å²) in [6, 6.07) is 13.8. The van der Waals surface area contributed by atoms with Gasteiger partial charge in [-0.1, -0.05) is 54.3 Å². The summed E-state index contributed by atoms with van der Waals surface area (Å²) in [5.74, 6) is 5.18. The Morgan fingerprint density at radius 2 is 1.71 bits per heavy atom. The molecule has 13 nitrogen and oxygen atoms in total. The van der Waals surface area contributed by atoms with Crippen molar-refractivity contribution in [2.75, 3.05) is 59.5 Å². The van der Waals surface area contributed by atoms with E-state index in [2.05, 4.69) is 11.8 Å². The van der Waals surface area contributed by atoms with E-state index in [-0.39, 0.29) is 44.5 Å². The monoisotopic (exact) mass is 722 g/mol. The smallest absolute Gasteiger partial charge is 0.309 e. The Morgan fingerprint density at radius 3 is 2.38 bits per heavy atom. The average molecular weight is 723 g/mol. The lowest BCUT2D eigenvalue weighted by Crippen LogP contribution is -2.57. The molecular weight excluding hydrogens is 668 g/mol. The Morgan fingerprint density at radius 1 is 1.04 bits per heavy atom. The molecule has 2 fully saturated rings. The van der Waals surface area contributed by atoms with Gasteiger partial charge in [-0.3, -0.25) is 19.3 Å². The molecular formula is C39H54N4O9. The lowest BCUT2D eigenvalue weighted by Gasteiger charge is -2.37. The molecule has 2 aromatic rings. The van der Waals surface area contributed by atoms with Crippen LogP contribution in [-0.4, -0.2) is 137 Å². The molecule has 0 bridgehead atoms. The second kappa shape index (κ2) is 18.8. The third-order valence-corrected chi connectivity index (χ3v) is 9.26. The molecule has 2 saturated heterocycles. The Hall–Kier alpha value is -3.87. The molecule has 0 radical (unpaired) electrons. The highest BCUT2D eigenvalue weighted by Gasteiger charge is 2.38. The van der Waals surface area contributed by atoms with Gasteiger partial charge in [0.15, 0.2) is 6.10 Å². The zero-order valence-corrected chi connectivity index (χ0v) is 30.9. The maximum Gasteiger partial charge on any atom is 0.309 e. The minimum Gasteiger partial charge on any atom is -0.449 e. The first-order valence-electron chi connectivity index (χ1n) is 17.8. The number of benzene rings is 2. The molecule has 2 heterocycles. The topological polar surface area (TPSA) is 175 Å². The number of hydrogen-bond acceptors (Lipinski definition) is 11. The highest BCUT2D eigenvalue weighted by molar-refractivity contribution is 5.85. The number of aliphatic hydroxyl groups is 3. The van der Waals surface area contributed by atoms with Crippen LogP contribution in [0.15, 0.2) is 42.5 Å². The van der Waals surface area contributed by atoms with Gasteiger partial charge >= 0.3 is 5.97 Å². The predicted octanol–water partition coefficient (Wildman–Crippen LogP) is 0.922.